The van der Waals surface area contributed by atoms with Crippen molar-refractivity contribution in [2.24, 2.45) is 0 Å². The summed E-state index contributed by atoms with van der Waals surface area (Å²) in [7, 11) is 1.62. The van der Waals surface area contributed by atoms with Gasteiger partial charge in [0.1, 0.15) is 5.82 Å². The van der Waals surface area contributed by atoms with Crippen LogP contribution in [0.3, 0.4) is 0 Å². The minimum atomic E-state index is -0.309. The zero-order valence-corrected chi connectivity index (χ0v) is 13.9. The summed E-state index contributed by atoms with van der Waals surface area (Å²) in [5, 5.41) is 3.78. The largest absolute Gasteiger partial charge is 0.493 e. The molecule has 5 heteroatoms. The number of hydrogen-bond donors (Lipinski definition) is 1. The predicted octanol–water partition coefficient (Wildman–Crippen LogP) is 4.12. The van der Waals surface area contributed by atoms with Gasteiger partial charge in [-0.05, 0) is 37.1 Å². The number of nitrogens with one attached hydrogen (secondary N) is 1. The van der Waals surface area contributed by atoms with Gasteiger partial charge in [0, 0.05) is 22.7 Å². The van der Waals surface area contributed by atoms with Crippen molar-refractivity contribution in [3.8, 4) is 11.5 Å². The smallest absolute Gasteiger partial charge is 0.164 e. The number of methoxy groups -OCH3 is 1. The van der Waals surface area contributed by atoms with Crippen LogP contribution in [0.25, 0.3) is 0 Å². The van der Waals surface area contributed by atoms with Crippen molar-refractivity contribution in [3.63, 3.8) is 0 Å². The molecule has 1 aliphatic rings. The maximum atomic E-state index is 14.3. The van der Waals surface area contributed by atoms with Crippen LogP contribution in [-0.2, 0) is 6.42 Å². The molecule has 0 fully saturated rings. The van der Waals surface area contributed by atoms with Gasteiger partial charge in [-0.3, -0.25) is 0 Å². The Kier molecular flexibility index (Phi) is 4.74. The fraction of sp³-hybridized carbons (Fsp3) is 0.333. The normalized spacial score (nSPS) is 16.8. The highest BCUT2D eigenvalue weighted by molar-refractivity contribution is 6.31. The van der Waals surface area contributed by atoms with Crippen LogP contribution >= 0.6 is 11.6 Å². The Morgan fingerprint density at radius 3 is 2.83 bits per heavy atom. The molecule has 1 heterocycles. The molecule has 2 aromatic carbocycles. The lowest BCUT2D eigenvalue weighted by atomic mass is 9.88. The summed E-state index contributed by atoms with van der Waals surface area (Å²) in [6, 6.07) is 8.28. The van der Waals surface area contributed by atoms with Crippen LogP contribution in [0, 0.1) is 5.82 Å². The molecule has 122 valence electrons. The number of halogens is 2. The number of benzene rings is 2. The van der Waals surface area contributed by atoms with Crippen LogP contribution < -0.4 is 14.8 Å². The Hall–Kier alpha value is -1.78. The van der Waals surface area contributed by atoms with E-state index in [4.69, 9.17) is 21.1 Å². The first-order valence-electron chi connectivity index (χ1n) is 7.67. The molecule has 2 aromatic rings. The van der Waals surface area contributed by atoms with Crippen LogP contribution in [0.5, 0.6) is 11.5 Å². The van der Waals surface area contributed by atoms with Gasteiger partial charge in [-0.1, -0.05) is 23.7 Å². The molecule has 0 saturated heterocycles. The van der Waals surface area contributed by atoms with Gasteiger partial charge in [-0.25, -0.2) is 4.39 Å². The van der Waals surface area contributed by atoms with Crippen molar-refractivity contribution in [3.05, 3.63) is 57.9 Å². The fourth-order valence-corrected chi connectivity index (χ4v) is 3.38. The molecule has 1 N–H and O–H groups in total. The van der Waals surface area contributed by atoms with E-state index >= 15 is 0 Å². The van der Waals surface area contributed by atoms with Crippen LogP contribution in [0.4, 0.5) is 4.39 Å². The molecule has 1 atom stereocenters. The molecule has 0 aliphatic carbocycles. The van der Waals surface area contributed by atoms with E-state index in [2.05, 4.69) is 5.32 Å². The Labute approximate surface area is 140 Å². The molecule has 3 rings (SSSR count). The second kappa shape index (κ2) is 6.77. The van der Waals surface area contributed by atoms with E-state index in [1.165, 1.54) is 6.07 Å². The zero-order chi connectivity index (χ0) is 16.4. The van der Waals surface area contributed by atoms with E-state index in [1.807, 2.05) is 19.1 Å². The maximum Gasteiger partial charge on any atom is 0.164 e. The molecular formula is C18H19ClFNO2. The van der Waals surface area contributed by atoms with E-state index in [1.54, 1.807) is 19.2 Å². The molecular weight excluding hydrogens is 317 g/mol. The van der Waals surface area contributed by atoms with Gasteiger partial charge in [-0.15, -0.1) is 0 Å². The molecule has 1 unspecified atom stereocenters. The van der Waals surface area contributed by atoms with Crippen LogP contribution in [-0.4, -0.2) is 20.3 Å². The molecule has 3 nitrogen and oxygen atoms in total. The molecule has 0 amide bonds. The third-order valence-corrected chi connectivity index (χ3v) is 4.42. The molecule has 0 saturated carbocycles. The average Bonchev–Trinajstić information content (AvgIpc) is 2.55. The second-order valence-corrected chi connectivity index (χ2v) is 5.78. The van der Waals surface area contributed by atoms with Gasteiger partial charge < -0.3 is 14.8 Å². The first-order valence-corrected chi connectivity index (χ1v) is 8.05. The quantitative estimate of drug-likeness (QED) is 0.911. The summed E-state index contributed by atoms with van der Waals surface area (Å²) in [4.78, 5) is 0. The van der Waals surface area contributed by atoms with E-state index in [0.717, 1.165) is 29.8 Å². The predicted molar refractivity (Wildman–Crippen MR) is 89.1 cm³/mol. The standard InChI is InChI=1S/C18H19ClFNO2/c1-3-23-18-12-9-10-21-17(11(12)7-8-15(18)22-2)16-13(19)5-4-6-14(16)20/h4-8,17,21H,3,9-10H2,1-2H3. The highest BCUT2D eigenvalue weighted by atomic mass is 35.5. The molecule has 0 bridgehead atoms. The fourth-order valence-electron chi connectivity index (χ4n) is 3.11. The Bertz CT molecular complexity index is 700. The van der Waals surface area contributed by atoms with Gasteiger partial charge in [0.2, 0.25) is 0 Å². The Morgan fingerprint density at radius 1 is 1.30 bits per heavy atom. The monoisotopic (exact) mass is 335 g/mol. The lowest BCUT2D eigenvalue weighted by molar-refractivity contribution is 0.305. The zero-order valence-electron chi connectivity index (χ0n) is 13.2. The van der Waals surface area contributed by atoms with Gasteiger partial charge in [0.05, 0.1) is 19.8 Å². The van der Waals surface area contributed by atoms with Gasteiger partial charge >= 0.3 is 0 Å². The SMILES string of the molecule is CCOc1c(OC)ccc2c1CCNC2c1c(F)cccc1Cl. The van der Waals surface area contributed by atoms with Crippen LogP contribution in [0.1, 0.15) is 29.7 Å². The van der Waals surface area contributed by atoms with Crippen LogP contribution in [0.15, 0.2) is 30.3 Å². The topological polar surface area (TPSA) is 30.5 Å². The number of hydrogen-bond acceptors (Lipinski definition) is 3. The lowest BCUT2D eigenvalue weighted by Crippen LogP contribution is -2.31. The Balaban J connectivity index is 2.15. The minimum absolute atomic E-state index is 0.294. The number of fused-ring (bicyclic) bond motifs is 1. The third-order valence-electron chi connectivity index (χ3n) is 4.09. The maximum absolute atomic E-state index is 14.3. The number of rotatable bonds is 4. The first kappa shape index (κ1) is 16.1. The summed E-state index contributed by atoms with van der Waals surface area (Å²) in [5.41, 5.74) is 2.50. The highest BCUT2D eigenvalue weighted by Crippen LogP contribution is 2.41. The summed E-state index contributed by atoms with van der Waals surface area (Å²) < 4.78 is 25.5. The first-order chi connectivity index (χ1) is 11.2. The van der Waals surface area contributed by atoms with E-state index in [0.29, 0.717) is 22.9 Å². The molecule has 1 aliphatic heterocycles. The van der Waals surface area contributed by atoms with Gasteiger partial charge in [0.15, 0.2) is 11.5 Å². The van der Waals surface area contributed by atoms with E-state index in [9.17, 15) is 4.39 Å². The number of ether oxygens (including phenoxy) is 2. The van der Waals surface area contributed by atoms with E-state index in [-0.39, 0.29) is 11.9 Å². The average molecular weight is 336 g/mol. The van der Waals surface area contributed by atoms with Gasteiger partial charge in [-0.2, -0.15) is 0 Å². The minimum Gasteiger partial charge on any atom is -0.493 e. The highest BCUT2D eigenvalue weighted by Gasteiger charge is 2.29. The van der Waals surface area contributed by atoms with Crippen molar-refractivity contribution in [2.75, 3.05) is 20.3 Å². The third kappa shape index (κ3) is 2.89. The Morgan fingerprint density at radius 2 is 2.13 bits per heavy atom. The second-order valence-electron chi connectivity index (χ2n) is 5.37. The van der Waals surface area contributed by atoms with Crippen molar-refractivity contribution in [1.29, 1.82) is 0 Å². The van der Waals surface area contributed by atoms with E-state index < -0.39 is 0 Å². The molecule has 23 heavy (non-hydrogen) atoms. The van der Waals surface area contributed by atoms with Crippen molar-refractivity contribution in [1.82, 2.24) is 5.32 Å². The lowest BCUT2D eigenvalue weighted by Gasteiger charge is -2.30. The molecule has 0 spiro atoms. The van der Waals surface area contributed by atoms with Crippen molar-refractivity contribution >= 4 is 11.6 Å². The summed E-state index contributed by atoms with van der Waals surface area (Å²) in [6.07, 6.45) is 0.796. The molecule has 0 radical (unpaired) electrons. The van der Waals surface area contributed by atoms with Crippen molar-refractivity contribution < 1.29 is 13.9 Å². The summed E-state index contributed by atoms with van der Waals surface area (Å²) in [5.74, 6) is 1.13. The van der Waals surface area contributed by atoms with Crippen LogP contribution in [0.2, 0.25) is 5.02 Å². The van der Waals surface area contributed by atoms with Gasteiger partial charge in [0.25, 0.3) is 0 Å². The summed E-state index contributed by atoms with van der Waals surface area (Å²) >= 11 is 6.25. The molecule has 0 aromatic heterocycles. The summed E-state index contributed by atoms with van der Waals surface area (Å²) in [6.45, 7) is 3.20. The van der Waals surface area contributed by atoms with Crippen molar-refractivity contribution in [2.45, 2.75) is 19.4 Å².